The maximum Gasteiger partial charge on any atom is 0.343 e. The second-order valence-electron chi connectivity index (χ2n) is 11.6. The monoisotopic (exact) mass is 674 g/mol. The Morgan fingerprint density at radius 1 is 0.292 bits per heavy atom. The topological polar surface area (TPSA) is 35.5 Å². The summed E-state index contributed by atoms with van der Waals surface area (Å²) < 4.78 is 31.7. The van der Waals surface area contributed by atoms with Crippen molar-refractivity contribution in [2.24, 2.45) is 0 Å². The van der Waals surface area contributed by atoms with Crippen molar-refractivity contribution in [2.45, 2.75) is 0 Å². The summed E-state index contributed by atoms with van der Waals surface area (Å²) in [4.78, 5) is 0. The first-order chi connectivity index (χ1) is 23.7. The maximum atomic E-state index is 16.5. The van der Waals surface area contributed by atoms with Crippen LogP contribution in [0.1, 0.15) is 0 Å². The second-order valence-corrected chi connectivity index (χ2v) is 20.7. The van der Waals surface area contributed by atoms with Crippen LogP contribution in [0.15, 0.2) is 212 Å². The Morgan fingerprint density at radius 2 is 0.479 bits per heavy atom. The van der Waals surface area contributed by atoms with Gasteiger partial charge in [0.2, 0.25) is 0 Å². The highest BCUT2D eigenvalue weighted by molar-refractivity contribution is 7.66. The van der Waals surface area contributed by atoms with Crippen LogP contribution in [0.5, 0.6) is 0 Å². The van der Waals surface area contributed by atoms with E-state index < -0.39 is 24.2 Å². The van der Waals surface area contributed by atoms with Crippen LogP contribution in [0.3, 0.4) is 0 Å². The van der Waals surface area contributed by atoms with Gasteiger partial charge in [0.15, 0.2) is 0 Å². The molecule has 7 aromatic rings. The van der Waals surface area contributed by atoms with E-state index in [1.165, 1.54) is 0 Å². The minimum Gasteiger partial charge on any atom is -0.333 e. The van der Waals surface area contributed by atoms with Crippen LogP contribution in [0.25, 0.3) is 0 Å². The molecule has 0 saturated carbocycles. The van der Waals surface area contributed by atoms with Gasteiger partial charge in [-0.1, -0.05) is 200 Å². The lowest BCUT2D eigenvalue weighted by atomic mass is 10.3. The van der Waals surface area contributed by atoms with E-state index in [0.717, 1.165) is 31.1 Å². The molecule has 7 aromatic carbocycles. The van der Waals surface area contributed by atoms with E-state index in [0.29, 0.717) is 5.30 Å². The SMILES string of the molecule is O=P(O[Si](c1ccccc1)(c1ccccc1)c1ccccc1)(O[Si](c1ccccc1)(c1ccccc1)c1ccccc1)c1ccccc1. The average molecular weight is 675 g/mol. The molecule has 0 amide bonds. The van der Waals surface area contributed by atoms with Gasteiger partial charge in [-0.3, -0.25) is 4.57 Å². The molecule has 0 aliphatic heterocycles. The summed E-state index contributed by atoms with van der Waals surface area (Å²) in [6.07, 6.45) is 0. The molecule has 234 valence electrons. The summed E-state index contributed by atoms with van der Waals surface area (Å²) in [7, 11) is -11.2. The first kappa shape index (κ1) is 31.7. The molecule has 0 saturated heterocycles. The first-order valence-electron chi connectivity index (χ1n) is 16.1. The lowest BCUT2D eigenvalue weighted by molar-refractivity contribution is 0.407. The molecule has 48 heavy (non-hydrogen) atoms. The molecule has 0 spiro atoms. The molecule has 6 heteroatoms. The number of hydrogen-bond donors (Lipinski definition) is 0. The Morgan fingerprint density at radius 3 is 0.688 bits per heavy atom. The van der Waals surface area contributed by atoms with Crippen LogP contribution in [-0.2, 0) is 13.0 Å². The van der Waals surface area contributed by atoms with E-state index >= 15 is 4.57 Å². The van der Waals surface area contributed by atoms with Gasteiger partial charge >= 0.3 is 7.60 Å². The molecule has 0 radical (unpaired) electrons. The van der Waals surface area contributed by atoms with Crippen LogP contribution in [0.4, 0.5) is 0 Å². The standard InChI is InChI=1S/C42H35O3PSi2/c43-46(36-22-8-1-9-23-36,44-47(37-24-10-2-11-25-37,38-26-12-3-13-27-38)39-28-14-4-15-29-39)45-48(40-30-16-5-17-31-40,41-32-18-6-19-33-41)42-34-20-7-21-35-42/h1-35H. The number of hydrogen-bond acceptors (Lipinski definition) is 3. The predicted octanol–water partition coefficient (Wildman–Crippen LogP) is 5.87. The van der Waals surface area contributed by atoms with Crippen LogP contribution in [0, 0.1) is 0 Å². The quantitative estimate of drug-likeness (QED) is 0.0979. The fraction of sp³-hybridized carbons (Fsp3) is 0. The molecule has 0 aromatic heterocycles. The zero-order chi connectivity index (χ0) is 32.7. The summed E-state index contributed by atoms with van der Waals surface area (Å²) >= 11 is 0. The molecule has 0 aliphatic carbocycles. The Kier molecular flexibility index (Phi) is 9.30. The third kappa shape index (κ3) is 5.99. The third-order valence-electron chi connectivity index (χ3n) is 8.67. The summed E-state index contributed by atoms with van der Waals surface area (Å²) in [6.45, 7) is 0. The zero-order valence-electron chi connectivity index (χ0n) is 26.4. The van der Waals surface area contributed by atoms with Gasteiger partial charge in [-0.15, -0.1) is 0 Å². The second kappa shape index (κ2) is 14.1. The lowest BCUT2D eigenvalue weighted by Crippen LogP contribution is -2.71. The van der Waals surface area contributed by atoms with Crippen LogP contribution in [0.2, 0.25) is 0 Å². The summed E-state index contributed by atoms with van der Waals surface area (Å²) in [6, 6.07) is 71.0. The molecule has 3 nitrogen and oxygen atoms in total. The molecule has 0 aliphatic rings. The van der Waals surface area contributed by atoms with E-state index in [9.17, 15) is 0 Å². The normalized spacial score (nSPS) is 12.0. The van der Waals surface area contributed by atoms with Gasteiger partial charge in [-0.25, -0.2) is 0 Å². The smallest absolute Gasteiger partial charge is 0.333 e. The van der Waals surface area contributed by atoms with Gasteiger partial charge in [0.1, 0.15) is 0 Å². The Bertz CT molecular complexity index is 1760. The first-order valence-corrected chi connectivity index (χ1v) is 21.4. The minimum absolute atomic E-state index is 0.518. The Balaban J connectivity index is 1.56. The van der Waals surface area contributed by atoms with Crippen molar-refractivity contribution in [1.29, 1.82) is 0 Å². The highest BCUT2D eigenvalue weighted by atomic mass is 31.2. The van der Waals surface area contributed by atoms with Gasteiger partial charge in [0.25, 0.3) is 16.6 Å². The Hall–Kier alpha value is -4.88. The van der Waals surface area contributed by atoms with E-state index in [1.807, 2.05) is 140 Å². The molecular formula is C42H35O3PSi2. The van der Waals surface area contributed by atoms with Crippen molar-refractivity contribution in [1.82, 2.24) is 0 Å². The van der Waals surface area contributed by atoms with Crippen molar-refractivity contribution in [3.05, 3.63) is 212 Å². The molecule has 0 unspecified atom stereocenters. The van der Waals surface area contributed by atoms with Gasteiger partial charge in [0.05, 0.1) is 5.30 Å². The third-order valence-corrected chi connectivity index (χ3v) is 20.6. The molecule has 7 rings (SSSR count). The van der Waals surface area contributed by atoms with Gasteiger partial charge < -0.3 is 8.43 Å². The maximum absolute atomic E-state index is 16.5. The van der Waals surface area contributed by atoms with Crippen molar-refractivity contribution in [3.63, 3.8) is 0 Å². The van der Waals surface area contributed by atoms with Gasteiger partial charge in [-0.05, 0) is 43.3 Å². The summed E-state index contributed by atoms with van der Waals surface area (Å²) in [5.41, 5.74) is 0. The number of rotatable bonds is 11. The molecule has 0 atom stereocenters. The number of benzene rings is 7. The van der Waals surface area contributed by atoms with Crippen molar-refractivity contribution >= 4 is 60.7 Å². The molecule has 0 heterocycles. The van der Waals surface area contributed by atoms with Gasteiger partial charge in [0, 0.05) is 0 Å². The van der Waals surface area contributed by atoms with Crippen molar-refractivity contribution in [3.8, 4) is 0 Å². The average Bonchev–Trinajstić information content (AvgIpc) is 3.18. The van der Waals surface area contributed by atoms with Crippen molar-refractivity contribution in [2.75, 3.05) is 0 Å². The van der Waals surface area contributed by atoms with E-state index in [-0.39, 0.29) is 0 Å². The summed E-state index contributed by atoms with van der Waals surface area (Å²) in [5, 5.41) is 6.40. The van der Waals surface area contributed by atoms with E-state index in [4.69, 9.17) is 8.43 Å². The highest BCUT2D eigenvalue weighted by Gasteiger charge is 2.54. The fourth-order valence-electron chi connectivity index (χ4n) is 6.45. The largest absolute Gasteiger partial charge is 0.343 e. The molecular weight excluding hydrogens is 640 g/mol. The molecule has 0 bridgehead atoms. The molecule has 0 fully saturated rings. The fourth-order valence-corrected chi connectivity index (χ4v) is 19.7. The highest BCUT2D eigenvalue weighted by Crippen LogP contribution is 2.51. The van der Waals surface area contributed by atoms with Crippen LogP contribution >= 0.6 is 7.60 Å². The predicted molar refractivity (Wildman–Crippen MR) is 204 cm³/mol. The Labute approximate surface area is 284 Å². The van der Waals surface area contributed by atoms with E-state index in [1.54, 1.807) is 0 Å². The van der Waals surface area contributed by atoms with Crippen molar-refractivity contribution < 1.29 is 13.0 Å². The zero-order valence-corrected chi connectivity index (χ0v) is 29.3. The summed E-state index contributed by atoms with van der Waals surface area (Å²) in [5.74, 6) is 0. The van der Waals surface area contributed by atoms with Crippen LogP contribution < -0.4 is 36.4 Å². The van der Waals surface area contributed by atoms with E-state index in [2.05, 4.69) is 72.8 Å². The minimum atomic E-state index is -4.18. The van der Waals surface area contributed by atoms with Crippen LogP contribution in [-0.4, -0.2) is 16.6 Å². The molecule has 0 N–H and O–H groups in total. The van der Waals surface area contributed by atoms with Gasteiger partial charge in [-0.2, -0.15) is 0 Å². The lowest BCUT2D eigenvalue weighted by Gasteiger charge is -2.41.